The standard InChI is InChI=1S/C18H25N5O/c1-14(16-4-2-7-19-12-16)23-9-3-8-22(10-11-23)13-17-20-18(24-21-17)15-5-6-15/h2,4,7,12,14-15H,3,5-6,8-11,13H2,1H3. The predicted octanol–water partition coefficient (Wildman–Crippen LogP) is 2.61. The first-order valence-electron chi connectivity index (χ1n) is 8.98. The number of rotatable bonds is 5. The second kappa shape index (κ2) is 6.99. The van der Waals surface area contributed by atoms with Gasteiger partial charge in [-0.15, -0.1) is 0 Å². The summed E-state index contributed by atoms with van der Waals surface area (Å²) in [6, 6.07) is 4.59. The van der Waals surface area contributed by atoms with Crippen molar-refractivity contribution in [2.45, 2.75) is 44.7 Å². The van der Waals surface area contributed by atoms with Crippen LogP contribution >= 0.6 is 0 Å². The lowest BCUT2D eigenvalue weighted by Crippen LogP contribution is -2.32. The SMILES string of the molecule is CC(c1cccnc1)N1CCCN(Cc2noc(C3CC3)n2)CC1. The molecule has 2 aliphatic rings. The molecule has 0 amide bonds. The van der Waals surface area contributed by atoms with Crippen molar-refractivity contribution in [3.05, 3.63) is 41.8 Å². The van der Waals surface area contributed by atoms with Crippen LogP contribution in [0.1, 0.15) is 55.4 Å². The van der Waals surface area contributed by atoms with E-state index in [4.69, 9.17) is 4.52 Å². The Bertz CT molecular complexity index is 654. The summed E-state index contributed by atoms with van der Waals surface area (Å²) in [6.07, 6.45) is 7.38. The molecule has 0 aromatic carbocycles. The maximum Gasteiger partial charge on any atom is 0.229 e. The summed E-state index contributed by atoms with van der Waals surface area (Å²) in [7, 11) is 0. The van der Waals surface area contributed by atoms with E-state index in [0.717, 1.165) is 50.9 Å². The molecule has 3 heterocycles. The summed E-state index contributed by atoms with van der Waals surface area (Å²) in [5.41, 5.74) is 1.29. The van der Waals surface area contributed by atoms with E-state index in [9.17, 15) is 0 Å². The van der Waals surface area contributed by atoms with E-state index in [1.54, 1.807) is 0 Å². The minimum atomic E-state index is 0.408. The molecule has 1 aliphatic carbocycles. The van der Waals surface area contributed by atoms with E-state index >= 15 is 0 Å². The van der Waals surface area contributed by atoms with Gasteiger partial charge >= 0.3 is 0 Å². The van der Waals surface area contributed by atoms with Crippen LogP contribution in [0.15, 0.2) is 29.0 Å². The molecule has 1 aliphatic heterocycles. The fourth-order valence-corrected chi connectivity index (χ4v) is 3.40. The summed E-state index contributed by atoms with van der Waals surface area (Å²) in [5, 5.41) is 4.15. The van der Waals surface area contributed by atoms with Crippen LogP contribution in [0, 0.1) is 0 Å². The molecule has 0 bridgehead atoms. The summed E-state index contributed by atoms with van der Waals surface area (Å²) >= 11 is 0. The van der Waals surface area contributed by atoms with Gasteiger partial charge in [0.1, 0.15) is 0 Å². The third-order valence-electron chi connectivity index (χ3n) is 5.11. The zero-order valence-corrected chi connectivity index (χ0v) is 14.3. The third-order valence-corrected chi connectivity index (χ3v) is 5.11. The number of hydrogen-bond donors (Lipinski definition) is 0. The van der Waals surface area contributed by atoms with Crippen LogP contribution in [-0.2, 0) is 6.54 Å². The second-order valence-electron chi connectivity index (χ2n) is 6.95. The number of nitrogens with zero attached hydrogens (tertiary/aromatic N) is 5. The van der Waals surface area contributed by atoms with Gasteiger partial charge in [0.25, 0.3) is 0 Å². The summed E-state index contributed by atoms with van der Waals surface area (Å²) in [6.45, 7) is 7.37. The smallest absolute Gasteiger partial charge is 0.229 e. The van der Waals surface area contributed by atoms with E-state index < -0.39 is 0 Å². The number of pyridine rings is 1. The first-order valence-corrected chi connectivity index (χ1v) is 8.98. The normalized spacial score (nSPS) is 21.5. The molecule has 2 aromatic heterocycles. The van der Waals surface area contributed by atoms with Gasteiger partial charge < -0.3 is 4.52 Å². The molecule has 6 heteroatoms. The lowest BCUT2D eigenvalue weighted by Gasteiger charge is -2.27. The van der Waals surface area contributed by atoms with Crippen molar-refractivity contribution in [2.75, 3.05) is 26.2 Å². The Labute approximate surface area is 142 Å². The zero-order chi connectivity index (χ0) is 16.4. The van der Waals surface area contributed by atoms with E-state index in [0.29, 0.717) is 12.0 Å². The summed E-state index contributed by atoms with van der Waals surface area (Å²) in [4.78, 5) is 13.8. The lowest BCUT2D eigenvalue weighted by molar-refractivity contribution is 0.206. The molecule has 1 saturated carbocycles. The highest BCUT2D eigenvalue weighted by Crippen LogP contribution is 2.38. The average Bonchev–Trinajstić information content (AvgIpc) is 3.40. The predicted molar refractivity (Wildman–Crippen MR) is 90.4 cm³/mol. The Morgan fingerprint density at radius 3 is 2.96 bits per heavy atom. The average molecular weight is 327 g/mol. The molecule has 0 spiro atoms. The number of aromatic nitrogens is 3. The van der Waals surface area contributed by atoms with Gasteiger partial charge in [-0.05, 0) is 44.4 Å². The first kappa shape index (κ1) is 15.7. The van der Waals surface area contributed by atoms with Crippen molar-refractivity contribution >= 4 is 0 Å². The van der Waals surface area contributed by atoms with Gasteiger partial charge in [-0.2, -0.15) is 4.98 Å². The van der Waals surface area contributed by atoms with E-state index in [2.05, 4.69) is 37.9 Å². The van der Waals surface area contributed by atoms with Gasteiger partial charge in [-0.3, -0.25) is 14.8 Å². The highest BCUT2D eigenvalue weighted by atomic mass is 16.5. The van der Waals surface area contributed by atoms with Crippen LogP contribution in [0.3, 0.4) is 0 Å². The second-order valence-corrected chi connectivity index (χ2v) is 6.95. The van der Waals surface area contributed by atoms with Gasteiger partial charge in [-0.25, -0.2) is 0 Å². The molecule has 0 radical (unpaired) electrons. The Balaban J connectivity index is 1.33. The van der Waals surface area contributed by atoms with Gasteiger partial charge in [0.2, 0.25) is 5.89 Å². The van der Waals surface area contributed by atoms with Crippen LogP contribution in [-0.4, -0.2) is 51.1 Å². The summed E-state index contributed by atoms with van der Waals surface area (Å²) < 4.78 is 5.37. The Morgan fingerprint density at radius 2 is 2.17 bits per heavy atom. The van der Waals surface area contributed by atoms with Crippen molar-refractivity contribution in [3.8, 4) is 0 Å². The molecule has 1 saturated heterocycles. The van der Waals surface area contributed by atoms with Gasteiger partial charge in [0.05, 0.1) is 6.54 Å². The van der Waals surface area contributed by atoms with E-state index in [1.807, 2.05) is 18.5 Å². The largest absolute Gasteiger partial charge is 0.339 e. The molecule has 24 heavy (non-hydrogen) atoms. The minimum absolute atomic E-state index is 0.408. The maximum absolute atomic E-state index is 5.37. The van der Waals surface area contributed by atoms with Crippen LogP contribution < -0.4 is 0 Å². The third kappa shape index (κ3) is 3.65. The fraction of sp³-hybridized carbons (Fsp3) is 0.611. The molecular weight excluding hydrogens is 302 g/mol. The van der Waals surface area contributed by atoms with Crippen LogP contribution in [0.2, 0.25) is 0 Å². The highest BCUT2D eigenvalue weighted by molar-refractivity contribution is 5.13. The zero-order valence-electron chi connectivity index (χ0n) is 14.3. The van der Waals surface area contributed by atoms with Crippen LogP contribution in [0.4, 0.5) is 0 Å². The Morgan fingerprint density at radius 1 is 1.25 bits per heavy atom. The lowest BCUT2D eigenvalue weighted by atomic mass is 10.1. The molecule has 128 valence electrons. The van der Waals surface area contributed by atoms with Gasteiger partial charge in [0.15, 0.2) is 5.82 Å². The topological polar surface area (TPSA) is 58.3 Å². The molecule has 2 aromatic rings. The summed E-state index contributed by atoms with van der Waals surface area (Å²) in [5.74, 6) is 2.21. The van der Waals surface area contributed by atoms with Crippen molar-refractivity contribution < 1.29 is 4.52 Å². The van der Waals surface area contributed by atoms with Crippen LogP contribution in [0.25, 0.3) is 0 Å². The Kier molecular flexibility index (Phi) is 4.58. The fourth-order valence-electron chi connectivity index (χ4n) is 3.40. The molecular formula is C18H25N5O. The molecule has 6 nitrogen and oxygen atoms in total. The van der Waals surface area contributed by atoms with E-state index in [1.165, 1.54) is 18.4 Å². The van der Waals surface area contributed by atoms with Crippen molar-refractivity contribution in [1.29, 1.82) is 0 Å². The minimum Gasteiger partial charge on any atom is -0.339 e. The molecule has 4 rings (SSSR count). The molecule has 2 fully saturated rings. The van der Waals surface area contributed by atoms with Crippen molar-refractivity contribution in [1.82, 2.24) is 24.9 Å². The molecule has 1 atom stereocenters. The Hall–Kier alpha value is -1.79. The van der Waals surface area contributed by atoms with Gasteiger partial charge in [-0.1, -0.05) is 11.2 Å². The monoisotopic (exact) mass is 327 g/mol. The van der Waals surface area contributed by atoms with Crippen LogP contribution in [0.5, 0.6) is 0 Å². The van der Waals surface area contributed by atoms with E-state index in [-0.39, 0.29) is 0 Å². The highest BCUT2D eigenvalue weighted by Gasteiger charge is 2.30. The maximum atomic E-state index is 5.37. The molecule has 0 N–H and O–H groups in total. The quantitative estimate of drug-likeness (QED) is 0.841. The van der Waals surface area contributed by atoms with Gasteiger partial charge in [0, 0.05) is 44.0 Å². The first-order chi connectivity index (χ1) is 11.8. The van der Waals surface area contributed by atoms with Crippen molar-refractivity contribution in [2.24, 2.45) is 0 Å². The number of hydrogen-bond acceptors (Lipinski definition) is 6. The van der Waals surface area contributed by atoms with Crippen molar-refractivity contribution in [3.63, 3.8) is 0 Å². The molecule has 1 unspecified atom stereocenters.